The van der Waals surface area contributed by atoms with Crippen molar-refractivity contribution in [2.75, 3.05) is 11.9 Å². The molecule has 17 heavy (non-hydrogen) atoms. The lowest BCUT2D eigenvalue weighted by molar-refractivity contribution is 0.318. The van der Waals surface area contributed by atoms with E-state index in [0.717, 1.165) is 11.1 Å². The Kier molecular flexibility index (Phi) is 3.22. The molecule has 1 saturated carbocycles. The van der Waals surface area contributed by atoms with Crippen molar-refractivity contribution in [2.24, 2.45) is 10.9 Å². The minimum Gasteiger partial charge on any atom is -0.409 e. The van der Waals surface area contributed by atoms with Crippen LogP contribution in [-0.2, 0) is 0 Å². The van der Waals surface area contributed by atoms with Gasteiger partial charge in [-0.2, -0.15) is 0 Å². The van der Waals surface area contributed by atoms with Crippen LogP contribution in [0.1, 0.15) is 30.4 Å². The third kappa shape index (κ3) is 2.20. The molecule has 0 aromatic heterocycles. The normalized spacial score (nSPS) is 16.7. The summed E-state index contributed by atoms with van der Waals surface area (Å²) < 4.78 is 0. The molecule has 1 aromatic rings. The van der Waals surface area contributed by atoms with E-state index in [1.54, 1.807) is 0 Å². The first-order chi connectivity index (χ1) is 8.13. The summed E-state index contributed by atoms with van der Waals surface area (Å²) in [5.41, 5.74) is 8.62. The van der Waals surface area contributed by atoms with Crippen molar-refractivity contribution in [2.45, 2.75) is 32.2 Å². The zero-order valence-electron chi connectivity index (χ0n) is 10.3. The number of aryl methyl sites for hydroxylation is 1. The van der Waals surface area contributed by atoms with E-state index in [-0.39, 0.29) is 5.84 Å². The van der Waals surface area contributed by atoms with Gasteiger partial charge in [0.05, 0.1) is 0 Å². The van der Waals surface area contributed by atoms with Gasteiger partial charge in [-0.15, -0.1) is 0 Å². The minimum atomic E-state index is 0.167. The molecule has 4 heteroatoms. The summed E-state index contributed by atoms with van der Waals surface area (Å²) in [6, 6.07) is 6.70. The Morgan fingerprint density at radius 3 is 2.65 bits per heavy atom. The Bertz CT molecular complexity index is 438. The topological polar surface area (TPSA) is 61.8 Å². The molecule has 92 valence electrons. The second-order valence-electron chi connectivity index (χ2n) is 4.68. The van der Waals surface area contributed by atoms with Gasteiger partial charge in [0.2, 0.25) is 0 Å². The highest BCUT2D eigenvalue weighted by Gasteiger charge is 2.22. The average molecular weight is 233 g/mol. The molecule has 0 bridgehead atoms. The number of hydrogen-bond acceptors (Lipinski definition) is 3. The highest BCUT2D eigenvalue weighted by atomic mass is 16.4. The Morgan fingerprint density at radius 1 is 1.47 bits per heavy atom. The molecule has 1 fully saturated rings. The third-order valence-corrected chi connectivity index (χ3v) is 3.62. The van der Waals surface area contributed by atoms with Crippen LogP contribution in [-0.4, -0.2) is 24.1 Å². The van der Waals surface area contributed by atoms with Crippen molar-refractivity contribution >= 4 is 11.5 Å². The standard InChI is InChI=1S/C13H19N3O/c1-9-8-11(16(2)10-4-3-5-10)6-7-12(9)13(14)15-17/h6-8,10,17H,3-5H2,1-2H3,(H2,14,15). The van der Waals surface area contributed by atoms with E-state index in [2.05, 4.69) is 23.2 Å². The number of amidine groups is 1. The van der Waals surface area contributed by atoms with E-state index in [1.807, 2.05) is 19.1 Å². The number of rotatable bonds is 3. The van der Waals surface area contributed by atoms with E-state index in [4.69, 9.17) is 10.9 Å². The lowest BCUT2D eigenvalue weighted by Crippen LogP contribution is -2.37. The molecule has 0 atom stereocenters. The van der Waals surface area contributed by atoms with Crippen molar-refractivity contribution in [1.29, 1.82) is 0 Å². The van der Waals surface area contributed by atoms with Crippen LogP contribution >= 0.6 is 0 Å². The van der Waals surface area contributed by atoms with Crippen molar-refractivity contribution in [3.05, 3.63) is 29.3 Å². The van der Waals surface area contributed by atoms with Crippen molar-refractivity contribution in [3.63, 3.8) is 0 Å². The van der Waals surface area contributed by atoms with Crippen LogP contribution in [0.4, 0.5) is 5.69 Å². The SMILES string of the molecule is Cc1cc(N(C)C2CCC2)ccc1/C(N)=N/O. The zero-order valence-corrected chi connectivity index (χ0v) is 10.3. The number of benzene rings is 1. The first-order valence-electron chi connectivity index (χ1n) is 5.95. The number of nitrogens with two attached hydrogens (primary N) is 1. The van der Waals surface area contributed by atoms with Gasteiger partial charge in [-0.25, -0.2) is 0 Å². The van der Waals surface area contributed by atoms with Crippen molar-refractivity contribution in [3.8, 4) is 0 Å². The molecule has 0 saturated heterocycles. The summed E-state index contributed by atoms with van der Waals surface area (Å²) in [7, 11) is 2.13. The molecule has 0 unspecified atom stereocenters. The van der Waals surface area contributed by atoms with Crippen LogP contribution in [0.2, 0.25) is 0 Å². The molecule has 2 rings (SSSR count). The summed E-state index contributed by atoms with van der Waals surface area (Å²) in [6.45, 7) is 1.98. The second kappa shape index (κ2) is 4.65. The highest BCUT2D eigenvalue weighted by molar-refractivity contribution is 5.98. The van der Waals surface area contributed by atoms with Crippen molar-refractivity contribution in [1.82, 2.24) is 0 Å². The van der Waals surface area contributed by atoms with Gasteiger partial charge in [0.15, 0.2) is 5.84 Å². The van der Waals surface area contributed by atoms with E-state index in [9.17, 15) is 0 Å². The molecule has 0 amide bonds. The molecular weight excluding hydrogens is 214 g/mol. The fourth-order valence-corrected chi connectivity index (χ4v) is 2.19. The largest absolute Gasteiger partial charge is 0.409 e. The molecule has 0 radical (unpaired) electrons. The van der Waals surface area contributed by atoms with E-state index in [0.29, 0.717) is 6.04 Å². The number of anilines is 1. The molecule has 4 nitrogen and oxygen atoms in total. The molecule has 1 aromatic carbocycles. The smallest absolute Gasteiger partial charge is 0.170 e. The van der Waals surface area contributed by atoms with Gasteiger partial charge < -0.3 is 15.8 Å². The first kappa shape index (κ1) is 11.8. The molecular formula is C13H19N3O. The minimum absolute atomic E-state index is 0.167. The van der Waals surface area contributed by atoms with Crippen LogP contribution in [0.25, 0.3) is 0 Å². The van der Waals surface area contributed by atoms with Gasteiger partial charge in [0.1, 0.15) is 0 Å². The summed E-state index contributed by atoms with van der Waals surface area (Å²) >= 11 is 0. The molecule has 1 aliphatic carbocycles. The van der Waals surface area contributed by atoms with Gasteiger partial charge in [-0.1, -0.05) is 5.16 Å². The fourth-order valence-electron chi connectivity index (χ4n) is 2.19. The number of nitrogens with zero attached hydrogens (tertiary/aromatic N) is 2. The van der Waals surface area contributed by atoms with Gasteiger partial charge in [0.25, 0.3) is 0 Å². The second-order valence-corrected chi connectivity index (χ2v) is 4.68. The van der Waals surface area contributed by atoms with Crippen LogP contribution in [0, 0.1) is 6.92 Å². The Hall–Kier alpha value is -1.71. The summed E-state index contributed by atoms with van der Waals surface area (Å²) in [6.07, 6.45) is 3.88. The van der Waals surface area contributed by atoms with E-state index < -0.39 is 0 Å². The Morgan fingerprint density at radius 2 is 2.18 bits per heavy atom. The van der Waals surface area contributed by atoms with Crippen LogP contribution < -0.4 is 10.6 Å². The maximum Gasteiger partial charge on any atom is 0.170 e. The molecule has 3 N–H and O–H groups in total. The monoisotopic (exact) mass is 233 g/mol. The number of oxime groups is 1. The predicted octanol–water partition coefficient (Wildman–Crippen LogP) is 2.08. The lowest BCUT2D eigenvalue weighted by Gasteiger charge is -2.36. The van der Waals surface area contributed by atoms with E-state index in [1.165, 1.54) is 24.9 Å². The Balaban J connectivity index is 2.23. The van der Waals surface area contributed by atoms with E-state index >= 15 is 0 Å². The maximum absolute atomic E-state index is 8.68. The maximum atomic E-state index is 8.68. The molecule has 0 spiro atoms. The zero-order chi connectivity index (χ0) is 12.4. The Labute approximate surface area is 102 Å². The summed E-state index contributed by atoms with van der Waals surface area (Å²) in [5.74, 6) is 0.167. The fraction of sp³-hybridized carbons (Fsp3) is 0.462. The lowest BCUT2D eigenvalue weighted by atomic mass is 9.91. The third-order valence-electron chi connectivity index (χ3n) is 3.62. The van der Waals surface area contributed by atoms with Crippen LogP contribution in [0.5, 0.6) is 0 Å². The summed E-state index contributed by atoms with van der Waals surface area (Å²) in [4.78, 5) is 2.31. The molecule has 0 heterocycles. The van der Waals surface area contributed by atoms with Gasteiger partial charge in [0, 0.05) is 24.3 Å². The van der Waals surface area contributed by atoms with Gasteiger partial charge in [-0.05, 0) is 49.9 Å². The number of hydrogen-bond donors (Lipinski definition) is 2. The van der Waals surface area contributed by atoms with Gasteiger partial charge >= 0.3 is 0 Å². The van der Waals surface area contributed by atoms with Crippen molar-refractivity contribution < 1.29 is 5.21 Å². The first-order valence-corrected chi connectivity index (χ1v) is 5.95. The quantitative estimate of drug-likeness (QED) is 0.363. The average Bonchev–Trinajstić information content (AvgIpc) is 2.25. The predicted molar refractivity (Wildman–Crippen MR) is 69.7 cm³/mol. The molecule has 0 aliphatic heterocycles. The summed E-state index contributed by atoms with van der Waals surface area (Å²) in [5, 5.41) is 11.7. The van der Waals surface area contributed by atoms with Crippen LogP contribution in [0.15, 0.2) is 23.4 Å². The van der Waals surface area contributed by atoms with Crippen LogP contribution in [0.3, 0.4) is 0 Å². The molecule has 1 aliphatic rings. The highest BCUT2D eigenvalue weighted by Crippen LogP contribution is 2.29. The van der Waals surface area contributed by atoms with Gasteiger partial charge in [-0.3, -0.25) is 0 Å².